The monoisotopic (exact) mass is 520 g/mol. The van der Waals surface area contributed by atoms with Crippen molar-refractivity contribution in [3.63, 3.8) is 0 Å². The third-order valence-corrected chi connectivity index (χ3v) is 7.96. The molecule has 3 aliphatic rings. The molecule has 192 valence electrons. The Balaban J connectivity index is 1.39. The molecule has 0 N–H and O–H groups in total. The van der Waals surface area contributed by atoms with Gasteiger partial charge in [0.1, 0.15) is 35.4 Å². The number of allylic oxidation sites excluding steroid dienone is 8. The number of fused-ring (bicyclic) bond motifs is 2. The van der Waals surface area contributed by atoms with Crippen LogP contribution in [0.3, 0.4) is 0 Å². The maximum atomic E-state index is 13.3. The van der Waals surface area contributed by atoms with Crippen LogP contribution in [0.4, 0.5) is 0 Å². The minimum absolute atomic E-state index is 0.0534. The number of hydrogen-bond acceptors (Lipinski definition) is 6. The van der Waals surface area contributed by atoms with Gasteiger partial charge in [-0.05, 0) is 48.6 Å². The Bertz CT molecular complexity index is 1570. The summed E-state index contributed by atoms with van der Waals surface area (Å²) >= 11 is 0. The Morgan fingerprint density at radius 2 is 0.900 bits per heavy atom. The van der Waals surface area contributed by atoms with Gasteiger partial charge in [-0.15, -0.1) is 0 Å². The molecule has 0 spiro atoms. The molecule has 0 aromatic heterocycles. The zero-order valence-electron chi connectivity index (χ0n) is 21.8. The van der Waals surface area contributed by atoms with Gasteiger partial charge in [0, 0.05) is 33.4 Å². The summed E-state index contributed by atoms with van der Waals surface area (Å²) in [6.07, 6.45) is 8.93. The maximum absolute atomic E-state index is 13.3. The lowest BCUT2D eigenvalue weighted by atomic mass is 9.83. The fourth-order valence-corrected chi connectivity index (χ4v) is 6.11. The molecule has 0 amide bonds. The second kappa shape index (κ2) is 11.2. The highest BCUT2D eigenvalue weighted by molar-refractivity contribution is 6.28. The smallest absolute Gasteiger partial charge is 0.194 e. The van der Waals surface area contributed by atoms with E-state index < -0.39 is 0 Å². The Morgan fingerprint density at radius 1 is 0.575 bits per heavy atom. The minimum Gasteiger partial charge on any atom is -0.289 e. The van der Waals surface area contributed by atoms with Crippen molar-refractivity contribution in [2.45, 2.75) is 38.5 Å². The van der Waals surface area contributed by atoms with Gasteiger partial charge in [0.25, 0.3) is 0 Å². The van der Waals surface area contributed by atoms with Crippen molar-refractivity contribution in [1.29, 1.82) is 21.0 Å². The predicted octanol–water partition coefficient (Wildman–Crippen LogP) is 6.82. The number of carbonyl (C=O) groups excluding carboxylic acids is 2. The van der Waals surface area contributed by atoms with Gasteiger partial charge >= 0.3 is 0 Å². The summed E-state index contributed by atoms with van der Waals surface area (Å²) in [4.78, 5) is 26.5. The number of carbonyl (C=O) groups is 2. The molecule has 6 nitrogen and oxygen atoms in total. The van der Waals surface area contributed by atoms with Crippen molar-refractivity contribution >= 4 is 22.7 Å². The van der Waals surface area contributed by atoms with Gasteiger partial charge in [0.2, 0.25) is 0 Å². The van der Waals surface area contributed by atoms with Gasteiger partial charge in [0.15, 0.2) is 11.6 Å². The van der Waals surface area contributed by atoms with E-state index in [0.717, 1.165) is 38.5 Å². The standard InChI is InChI=1S/C34H24N4O2/c35-17-23(18-36)31-25-11-1-3-13-27(25)33(39)29(31)15-21-7-5-9-22(10-6-8-21)16-30-32(24(19-37)20-38)26-12-2-4-14-28(26)34(30)40/h1-4,11-16,21-22H,5-10H2/b29-15-,30-16-. The third kappa shape index (κ3) is 4.58. The molecule has 0 unspecified atom stereocenters. The Kier molecular flexibility index (Phi) is 7.37. The molecular formula is C34H24N4O2. The van der Waals surface area contributed by atoms with Crippen LogP contribution < -0.4 is 0 Å². The second-order valence-electron chi connectivity index (χ2n) is 10.2. The van der Waals surface area contributed by atoms with E-state index >= 15 is 0 Å². The molecule has 2 aromatic rings. The van der Waals surface area contributed by atoms with E-state index in [1.807, 2.05) is 36.4 Å². The number of benzene rings is 2. The minimum atomic E-state index is -0.150. The molecule has 0 saturated heterocycles. The van der Waals surface area contributed by atoms with Gasteiger partial charge in [-0.1, -0.05) is 73.5 Å². The highest BCUT2D eigenvalue weighted by Crippen LogP contribution is 2.42. The molecule has 2 aromatic carbocycles. The van der Waals surface area contributed by atoms with Crippen molar-refractivity contribution in [1.82, 2.24) is 0 Å². The lowest BCUT2D eigenvalue weighted by molar-refractivity contribution is 0.103. The first-order valence-corrected chi connectivity index (χ1v) is 13.3. The largest absolute Gasteiger partial charge is 0.289 e. The number of nitrogens with zero attached hydrogens (tertiary/aromatic N) is 4. The average Bonchev–Trinajstić information content (AvgIpc) is 3.39. The maximum Gasteiger partial charge on any atom is 0.194 e. The van der Waals surface area contributed by atoms with Gasteiger partial charge in [-0.25, -0.2) is 0 Å². The molecule has 0 atom stereocenters. The Hall–Kier alpha value is -5.30. The van der Waals surface area contributed by atoms with Crippen LogP contribution in [0.2, 0.25) is 0 Å². The zero-order valence-corrected chi connectivity index (χ0v) is 21.8. The van der Waals surface area contributed by atoms with Crippen LogP contribution in [-0.2, 0) is 0 Å². The lowest BCUT2D eigenvalue weighted by Gasteiger charge is -2.22. The molecule has 0 radical (unpaired) electrons. The van der Waals surface area contributed by atoms with Crippen molar-refractivity contribution in [2.24, 2.45) is 11.8 Å². The molecule has 1 fully saturated rings. The average molecular weight is 521 g/mol. The molecular weight excluding hydrogens is 496 g/mol. The second-order valence-corrected chi connectivity index (χ2v) is 10.2. The van der Waals surface area contributed by atoms with E-state index in [9.17, 15) is 30.6 Å². The molecule has 0 heterocycles. The molecule has 0 bridgehead atoms. The van der Waals surface area contributed by atoms with E-state index in [1.54, 1.807) is 48.5 Å². The molecule has 1 saturated carbocycles. The van der Waals surface area contributed by atoms with Crippen LogP contribution >= 0.6 is 0 Å². The van der Waals surface area contributed by atoms with E-state index in [0.29, 0.717) is 44.5 Å². The first-order valence-electron chi connectivity index (χ1n) is 13.3. The summed E-state index contributed by atoms with van der Waals surface area (Å²) in [7, 11) is 0. The van der Waals surface area contributed by atoms with Crippen LogP contribution in [0.5, 0.6) is 0 Å². The highest BCUT2D eigenvalue weighted by Gasteiger charge is 2.34. The quantitative estimate of drug-likeness (QED) is 0.315. The molecule has 3 aliphatic carbocycles. The van der Waals surface area contributed by atoms with Crippen molar-refractivity contribution in [3.8, 4) is 24.3 Å². The molecule has 0 aliphatic heterocycles. The van der Waals surface area contributed by atoms with Gasteiger partial charge in [-0.3, -0.25) is 9.59 Å². The molecule has 6 heteroatoms. The number of Topliss-reactive ketones (excluding diaryl/α,β-unsaturated/α-hetero) is 2. The number of nitriles is 4. The van der Waals surface area contributed by atoms with Crippen LogP contribution in [0.15, 0.2) is 83.0 Å². The number of hydrogen-bond donors (Lipinski definition) is 0. The van der Waals surface area contributed by atoms with E-state index in [4.69, 9.17) is 0 Å². The van der Waals surface area contributed by atoms with Gasteiger partial charge in [0.05, 0.1) is 0 Å². The van der Waals surface area contributed by atoms with Crippen LogP contribution in [0.25, 0.3) is 11.1 Å². The first kappa shape index (κ1) is 26.3. The summed E-state index contributed by atoms with van der Waals surface area (Å²) in [5.41, 5.74) is 3.93. The number of ketones is 2. The fraction of sp³-hybridized carbons (Fsp3) is 0.235. The Labute approximate surface area is 233 Å². The highest BCUT2D eigenvalue weighted by atomic mass is 16.1. The summed E-state index contributed by atoms with van der Waals surface area (Å²) in [5, 5.41) is 38.3. The van der Waals surface area contributed by atoms with Crippen molar-refractivity contribution < 1.29 is 9.59 Å². The van der Waals surface area contributed by atoms with Crippen molar-refractivity contribution in [2.75, 3.05) is 0 Å². The topological polar surface area (TPSA) is 129 Å². The summed E-state index contributed by atoms with van der Waals surface area (Å²) < 4.78 is 0. The summed E-state index contributed by atoms with van der Waals surface area (Å²) in [6, 6.07) is 22.0. The summed E-state index contributed by atoms with van der Waals surface area (Å²) in [6.45, 7) is 0. The SMILES string of the molecule is N#CC(C#N)=C1/C(=C/C2CCCC(/C=C3\C(=O)c4ccccc4C3=C(C#N)C#N)CCC2)C(=O)c2ccccc21. The number of rotatable bonds is 2. The van der Waals surface area contributed by atoms with Crippen molar-refractivity contribution in [3.05, 3.63) is 105 Å². The third-order valence-electron chi connectivity index (χ3n) is 7.96. The van der Waals surface area contributed by atoms with Gasteiger partial charge in [-0.2, -0.15) is 21.0 Å². The van der Waals surface area contributed by atoms with E-state index in [-0.39, 0.29) is 34.5 Å². The molecule has 5 rings (SSSR count). The van der Waals surface area contributed by atoms with Crippen LogP contribution in [0, 0.1) is 57.2 Å². The first-order chi connectivity index (χ1) is 19.5. The predicted molar refractivity (Wildman–Crippen MR) is 149 cm³/mol. The fourth-order valence-electron chi connectivity index (χ4n) is 6.11. The lowest BCUT2D eigenvalue weighted by Crippen LogP contribution is -2.10. The molecule has 40 heavy (non-hydrogen) atoms. The summed E-state index contributed by atoms with van der Waals surface area (Å²) in [5.74, 6) is -0.0652. The zero-order chi connectivity index (χ0) is 28.2. The van der Waals surface area contributed by atoms with E-state index in [1.165, 1.54) is 0 Å². The Morgan fingerprint density at radius 3 is 1.23 bits per heavy atom. The normalized spacial score (nSPS) is 21.9. The van der Waals surface area contributed by atoms with Crippen LogP contribution in [-0.4, -0.2) is 11.6 Å². The van der Waals surface area contributed by atoms with E-state index in [2.05, 4.69) is 0 Å². The van der Waals surface area contributed by atoms with Crippen LogP contribution in [0.1, 0.15) is 70.4 Å². The van der Waals surface area contributed by atoms with Gasteiger partial charge < -0.3 is 0 Å².